The van der Waals surface area contributed by atoms with Crippen molar-refractivity contribution in [2.75, 3.05) is 17.2 Å². The van der Waals surface area contributed by atoms with Gasteiger partial charge in [0.15, 0.2) is 0 Å². The van der Waals surface area contributed by atoms with E-state index in [1.165, 1.54) is 0 Å². The molecule has 0 aliphatic heterocycles. The molecule has 0 saturated carbocycles. The van der Waals surface area contributed by atoms with E-state index in [0.29, 0.717) is 16.9 Å². The summed E-state index contributed by atoms with van der Waals surface area (Å²) in [6.07, 6.45) is 0. The smallest absolute Gasteiger partial charge is 0.243 e. The highest BCUT2D eigenvalue weighted by Crippen LogP contribution is 2.20. The van der Waals surface area contributed by atoms with Crippen LogP contribution in [0.4, 0.5) is 11.4 Å². The second kappa shape index (κ2) is 7.25. The molecule has 2 N–H and O–H groups in total. The molecule has 6 heteroatoms. The van der Waals surface area contributed by atoms with Gasteiger partial charge in [0.2, 0.25) is 5.91 Å². The zero-order chi connectivity index (χ0) is 15.2. The Morgan fingerprint density at radius 2 is 1.90 bits per heavy atom. The lowest BCUT2D eigenvalue weighted by atomic mass is 10.2. The van der Waals surface area contributed by atoms with Crippen molar-refractivity contribution < 1.29 is 4.79 Å². The van der Waals surface area contributed by atoms with E-state index in [9.17, 15) is 4.79 Å². The Kier molecular flexibility index (Phi) is 5.37. The van der Waals surface area contributed by atoms with E-state index in [1.54, 1.807) is 12.1 Å². The van der Waals surface area contributed by atoms with Crippen molar-refractivity contribution in [2.24, 2.45) is 0 Å². The maximum Gasteiger partial charge on any atom is 0.243 e. The van der Waals surface area contributed by atoms with Gasteiger partial charge in [-0.25, -0.2) is 0 Å². The minimum atomic E-state index is -0.181. The summed E-state index contributed by atoms with van der Waals surface area (Å²) in [7, 11) is 0. The third-order valence-corrected chi connectivity index (χ3v) is 3.64. The molecule has 0 heterocycles. The van der Waals surface area contributed by atoms with Gasteiger partial charge in [-0.05, 0) is 36.4 Å². The quantitative estimate of drug-likeness (QED) is 0.799. The molecule has 106 valence electrons. The van der Waals surface area contributed by atoms with Crippen LogP contribution in [0.1, 0.15) is 5.56 Å². The second-order valence-electron chi connectivity index (χ2n) is 4.21. The number of nitrogens with one attached hydrogen (secondary N) is 2. The van der Waals surface area contributed by atoms with Crippen LogP contribution < -0.4 is 10.6 Å². The standard InChI is InChI=1S/C15H11Br2N3O/c16-11-2-1-3-13(7-11)20-15(21)9-19-14-5-4-12(17)6-10(14)8-18/h1-7,19H,9H2,(H,20,21). The summed E-state index contributed by atoms with van der Waals surface area (Å²) in [6, 6.07) is 14.7. The third-order valence-electron chi connectivity index (χ3n) is 2.65. The van der Waals surface area contributed by atoms with Crippen molar-refractivity contribution in [2.45, 2.75) is 0 Å². The second-order valence-corrected chi connectivity index (χ2v) is 6.05. The molecule has 0 unspecified atom stereocenters. The zero-order valence-corrected chi connectivity index (χ0v) is 14.0. The van der Waals surface area contributed by atoms with Gasteiger partial charge in [0.05, 0.1) is 17.8 Å². The molecule has 0 aliphatic carbocycles. The summed E-state index contributed by atoms with van der Waals surface area (Å²) < 4.78 is 1.72. The van der Waals surface area contributed by atoms with Gasteiger partial charge in [-0.15, -0.1) is 0 Å². The summed E-state index contributed by atoms with van der Waals surface area (Å²) in [4.78, 5) is 11.9. The highest BCUT2D eigenvalue weighted by atomic mass is 79.9. The number of hydrogen-bond donors (Lipinski definition) is 2. The fourth-order valence-electron chi connectivity index (χ4n) is 1.71. The number of rotatable bonds is 4. The molecule has 0 spiro atoms. The molecule has 0 saturated heterocycles. The Bertz CT molecular complexity index is 710. The molecule has 0 radical (unpaired) electrons. The van der Waals surface area contributed by atoms with Crippen LogP contribution in [0.25, 0.3) is 0 Å². The number of nitrogens with zero attached hydrogens (tertiary/aromatic N) is 1. The van der Waals surface area contributed by atoms with Gasteiger partial charge in [0.25, 0.3) is 0 Å². The summed E-state index contributed by atoms with van der Waals surface area (Å²) >= 11 is 6.65. The Labute approximate surface area is 139 Å². The predicted octanol–water partition coefficient (Wildman–Crippen LogP) is 4.13. The molecule has 0 aromatic heterocycles. The van der Waals surface area contributed by atoms with Crippen molar-refractivity contribution in [1.82, 2.24) is 0 Å². The summed E-state index contributed by atoms with van der Waals surface area (Å²) in [6.45, 7) is 0.0861. The number of carbonyl (C=O) groups excluding carboxylic acids is 1. The van der Waals surface area contributed by atoms with Crippen LogP contribution >= 0.6 is 31.9 Å². The Morgan fingerprint density at radius 3 is 2.62 bits per heavy atom. The van der Waals surface area contributed by atoms with Crippen LogP contribution in [0.5, 0.6) is 0 Å². The first-order chi connectivity index (χ1) is 10.1. The zero-order valence-electron chi connectivity index (χ0n) is 10.9. The number of amides is 1. The van der Waals surface area contributed by atoms with Crippen LogP contribution in [-0.4, -0.2) is 12.5 Å². The molecule has 0 aliphatic rings. The average molecular weight is 409 g/mol. The molecule has 0 atom stereocenters. The Hall–Kier alpha value is -1.84. The highest BCUT2D eigenvalue weighted by Gasteiger charge is 2.06. The van der Waals surface area contributed by atoms with Gasteiger partial charge < -0.3 is 10.6 Å². The predicted molar refractivity (Wildman–Crippen MR) is 90.1 cm³/mol. The lowest BCUT2D eigenvalue weighted by Crippen LogP contribution is -2.22. The Morgan fingerprint density at radius 1 is 1.14 bits per heavy atom. The lowest BCUT2D eigenvalue weighted by molar-refractivity contribution is -0.114. The normalized spacial score (nSPS) is 9.76. The summed E-state index contributed by atoms with van der Waals surface area (Å²) in [5.41, 5.74) is 1.83. The number of anilines is 2. The minimum Gasteiger partial charge on any atom is -0.375 e. The van der Waals surface area contributed by atoms with Crippen molar-refractivity contribution in [3.63, 3.8) is 0 Å². The fraction of sp³-hybridized carbons (Fsp3) is 0.0667. The molecule has 4 nitrogen and oxygen atoms in total. The van der Waals surface area contributed by atoms with E-state index in [0.717, 1.165) is 8.95 Å². The monoisotopic (exact) mass is 407 g/mol. The first-order valence-corrected chi connectivity index (χ1v) is 7.66. The maximum absolute atomic E-state index is 11.9. The van der Waals surface area contributed by atoms with Crippen molar-refractivity contribution in [1.29, 1.82) is 5.26 Å². The Balaban J connectivity index is 1.97. The van der Waals surface area contributed by atoms with Gasteiger partial charge >= 0.3 is 0 Å². The van der Waals surface area contributed by atoms with E-state index in [-0.39, 0.29) is 12.5 Å². The fourth-order valence-corrected chi connectivity index (χ4v) is 2.47. The average Bonchev–Trinajstić information content (AvgIpc) is 2.45. The molecule has 2 rings (SSSR count). The van der Waals surface area contributed by atoms with Crippen LogP contribution in [0, 0.1) is 11.3 Å². The first-order valence-electron chi connectivity index (χ1n) is 6.07. The molecular weight excluding hydrogens is 398 g/mol. The molecule has 0 bridgehead atoms. The van der Waals surface area contributed by atoms with Gasteiger partial charge in [-0.3, -0.25) is 4.79 Å². The van der Waals surface area contributed by atoms with Crippen LogP contribution in [0.3, 0.4) is 0 Å². The lowest BCUT2D eigenvalue weighted by Gasteiger charge is -2.09. The maximum atomic E-state index is 11.9. The topological polar surface area (TPSA) is 64.9 Å². The van der Waals surface area contributed by atoms with Crippen LogP contribution in [0.15, 0.2) is 51.4 Å². The van der Waals surface area contributed by atoms with Crippen molar-refractivity contribution >= 4 is 49.1 Å². The van der Waals surface area contributed by atoms with E-state index in [2.05, 4.69) is 48.6 Å². The molecule has 21 heavy (non-hydrogen) atoms. The van der Waals surface area contributed by atoms with E-state index >= 15 is 0 Å². The first kappa shape index (κ1) is 15.5. The number of halogens is 2. The third kappa shape index (κ3) is 4.59. The van der Waals surface area contributed by atoms with Crippen LogP contribution in [0.2, 0.25) is 0 Å². The molecular formula is C15H11Br2N3O. The molecule has 2 aromatic rings. The van der Waals surface area contributed by atoms with Gasteiger partial charge in [-0.1, -0.05) is 37.9 Å². The van der Waals surface area contributed by atoms with Gasteiger partial charge in [0, 0.05) is 14.6 Å². The van der Waals surface area contributed by atoms with Crippen molar-refractivity contribution in [3.05, 3.63) is 57.0 Å². The molecule has 1 amide bonds. The highest BCUT2D eigenvalue weighted by molar-refractivity contribution is 9.10. The summed E-state index contributed by atoms with van der Waals surface area (Å²) in [5.74, 6) is -0.181. The van der Waals surface area contributed by atoms with Gasteiger partial charge in [0.1, 0.15) is 6.07 Å². The minimum absolute atomic E-state index is 0.0861. The number of nitriles is 1. The largest absolute Gasteiger partial charge is 0.375 e. The van der Waals surface area contributed by atoms with Gasteiger partial charge in [-0.2, -0.15) is 5.26 Å². The SMILES string of the molecule is N#Cc1cc(Br)ccc1NCC(=O)Nc1cccc(Br)c1. The number of benzene rings is 2. The van der Waals surface area contributed by atoms with E-state index in [4.69, 9.17) is 5.26 Å². The summed E-state index contributed by atoms with van der Waals surface area (Å²) in [5, 5.41) is 14.8. The van der Waals surface area contributed by atoms with E-state index < -0.39 is 0 Å². The number of hydrogen-bond acceptors (Lipinski definition) is 3. The van der Waals surface area contributed by atoms with E-state index in [1.807, 2.05) is 30.3 Å². The molecule has 2 aromatic carbocycles. The molecule has 0 fully saturated rings. The number of carbonyl (C=O) groups is 1. The van der Waals surface area contributed by atoms with Crippen molar-refractivity contribution in [3.8, 4) is 6.07 Å². The van der Waals surface area contributed by atoms with Crippen LogP contribution in [-0.2, 0) is 4.79 Å².